The van der Waals surface area contributed by atoms with E-state index in [9.17, 15) is 10.1 Å². The molecule has 0 unspecified atom stereocenters. The third kappa shape index (κ3) is 3.19. The molecule has 0 saturated carbocycles. The molecule has 1 aliphatic heterocycles. The van der Waals surface area contributed by atoms with E-state index in [0.717, 1.165) is 12.8 Å². The van der Waals surface area contributed by atoms with Crippen LogP contribution in [0.5, 0.6) is 0 Å². The molecule has 0 amide bonds. The zero-order valence-electron chi connectivity index (χ0n) is 9.95. The number of nitro groups is 1. The number of nitrogens with two attached hydrogens (primary N) is 1. The molecular formula is C12H17ClN2O3. The van der Waals surface area contributed by atoms with Gasteiger partial charge in [-0.1, -0.05) is 18.2 Å². The number of rotatable bonds is 3. The summed E-state index contributed by atoms with van der Waals surface area (Å²) in [5.74, 6) is 0.268. The quantitative estimate of drug-likeness (QED) is 0.677. The third-order valence-corrected chi connectivity index (χ3v) is 3.27. The monoisotopic (exact) mass is 272 g/mol. The average molecular weight is 273 g/mol. The molecule has 1 atom stereocenters. The minimum atomic E-state index is -0.367. The van der Waals surface area contributed by atoms with E-state index < -0.39 is 0 Å². The standard InChI is InChI=1S/C12H16N2O3.ClH/c13-12(9-5-7-17-8-6-9)10-3-1-2-4-11(10)14(15)16;/h1-4,9,12H,5-8,13H2;1H/t12-;/m1./s1. The molecule has 2 rings (SSSR count). The van der Waals surface area contributed by atoms with Crippen molar-refractivity contribution in [2.75, 3.05) is 13.2 Å². The Hall–Kier alpha value is -1.17. The van der Waals surface area contributed by atoms with Crippen molar-refractivity contribution >= 4 is 18.1 Å². The molecule has 1 saturated heterocycles. The van der Waals surface area contributed by atoms with E-state index in [0.29, 0.717) is 18.8 Å². The van der Waals surface area contributed by atoms with Gasteiger partial charge in [0.05, 0.1) is 4.92 Å². The zero-order valence-corrected chi connectivity index (χ0v) is 10.8. The van der Waals surface area contributed by atoms with E-state index in [2.05, 4.69) is 0 Å². The average Bonchev–Trinajstić information content (AvgIpc) is 2.39. The largest absolute Gasteiger partial charge is 0.381 e. The SMILES string of the molecule is Cl.N[C@@H](c1ccccc1[N+](=O)[O-])C1CCOCC1. The first-order valence-corrected chi connectivity index (χ1v) is 5.77. The van der Waals surface area contributed by atoms with Crippen LogP contribution >= 0.6 is 12.4 Å². The van der Waals surface area contributed by atoms with Crippen LogP contribution in [0.4, 0.5) is 5.69 Å². The summed E-state index contributed by atoms with van der Waals surface area (Å²) in [5, 5.41) is 10.9. The van der Waals surface area contributed by atoms with E-state index >= 15 is 0 Å². The van der Waals surface area contributed by atoms with Crippen molar-refractivity contribution in [2.24, 2.45) is 11.7 Å². The van der Waals surface area contributed by atoms with Gasteiger partial charge in [0.15, 0.2) is 0 Å². The van der Waals surface area contributed by atoms with Gasteiger partial charge in [0.1, 0.15) is 0 Å². The number of nitrogens with zero attached hydrogens (tertiary/aromatic N) is 1. The summed E-state index contributed by atoms with van der Waals surface area (Å²) < 4.78 is 5.27. The lowest BCUT2D eigenvalue weighted by Gasteiger charge is -2.27. The van der Waals surface area contributed by atoms with Gasteiger partial charge in [-0.15, -0.1) is 12.4 Å². The van der Waals surface area contributed by atoms with E-state index in [-0.39, 0.29) is 35.0 Å². The molecule has 0 bridgehead atoms. The Morgan fingerprint density at radius 2 is 1.94 bits per heavy atom. The Bertz CT molecular complexity index is 408. The summed E-state index contributed by atoms with van der Waals surface area (Å²) >= 11 is 0. The minimum absolute atomic E-state index is 0. The predicted molar refractivity (Wildman–Crippen MR) is 70.8 cm³/mol. The molecule has 1 heterocycles. The Balaban J connectivity index is 0.00000162. The number of nitro benzene ring substituents is 1. The van der Waals surface area contributed by atoms with Crippen LogP contribution < -0.4 is 5.73 Å². The molecule has 0 aliphatic carbocycles. The summed E-state index contributed by atoms with van der Waals surface area (Å²) in [6.07, 6.45) is 1.74. The van der Waals surface area contributed by atoms with Gasteiger partial charge in [0.2, 0.25) is 0 Å². The highest BCUT2D eigenvalue weighted by atomic mass is 35.5. The van der Waals surface area contributed by atoms with Crippen LogP contribution in [0.2, 0.25) is 0 Å². The second-order valence-electron chi connectivity index (χ2n) is 4.29. The van der Waals surface area contributed by atoms with Gasteiger partial charge in [-0.3, -0.25) is 10.1 Å². The number of benzene rings is 1. The molecule has 0 aromatic heterocycles. The van der Waals surface area contributed by atoms with Crippen molar-refractivity contribution < 1.29 is 9.66 Å². The molecule has 0 spiro atoms. The molecule has 2 N–H and O–H groups in total. The Morgan fingerprint density at radius 1 is 1.33 bits per heavy atom. The fraction of sp³-hybridized carbons (Fsp3) is 0.500. The number of hydrogen-bond donors (Lipinski definition) is 1. The van der Waals surface area contributed by atoms with Crippen molar-refractivity contribution in [1.82, 2.24) is 0 Å². The van der Waals surface area contributed by atoms with E-state index in [1.807, 2.05) is 0 Å². The second-order valence-corrected chi connectivity index (χ2v) is 4.29. The predicted octanol–water partition coefficient (Wildman–Crippen LogP) is 2.44. The highest BCUT2D eigenvalue weighted by molar-refractivity contribution is 5.85. The lowest BCUT2D eigenvalue weighted by molar-refractivity contribution is -0.385. The van der Waals surface area contributed by atoms with Crippen LogP contribution in [0.3, 0.4) is 0 Å². The minimum Gasteiger partial charge on any atom is -0.381 e. The van der Waals surface area contributed by atoms with Gasteiger partial charge >= 0.3 is 0 Å². The summed E-state index contributed by atoms with van der Waals surface area (Å²) in [6.45, 7) is 1.39. The third-order valence-electron chi connectivity index (χ3n) is 3.27. The first-order chi connectivity index (χ1) is 8.20. The van der Waals surface area contributed by atoms with E-state index in [4.69, 9.17) is 10.5 Å². The number of para-hydroxylation sites is 1. The molecule has 6 heteroatoms. The maximum absolute atomic E-state index is 10.9. The molecule has 1 aliphatic rings. The maximum Gasteiger partial charge on any atom is 0.274 e. The maximum atomic E-state index is 10.9. The molecule has 1 aromatic carbocycles. The summed E-state index contributed by atoms with van der Waals surface area (Å²) in [4.78, 5) is 10.6. The Kier molecular flexibility index (Phi) is 5.53. The summed E-state index contributed by atoms with van der Waals surface area (Å²) in [6, 6.07) is 6.44. The second kappa shape index (κ2) is 6.68. The van der Waals surface area contributed by atoms with Gasteiger partial charge in [-0.2, -0.15) is 0 Å². The van der Waals surface area contributed by atoms with Crippen LogP contribution in [0.1, 0.15) is 24.4 Å². The van der Waals surface area contributed by atoms with Crippen molar-refractivity contribution in [1.29, 1.82) is 0 Å². The molecular weight excluding hydrogens is 256 g/mol. The van der Waals surface area contributed by atoms with Crippen LogP contribution in [-0.2, 0) is 4.74 Å². The van der Waals surface area contributed by atoms with Gasteiger partial charge in [-0.25, -0.2) is 0 Å². The first-order valence-electron chi connectivity index (χ1n) is 5.77. The first kappa shape index (κ1) is 14.9. The summed E-state index contributed by atoms with van der Waals surface area (Å²) in [7, 11) is 0. The fourth-order valence-electron chi connectivity index (χ4n) is 2.26. The number of hydrogen-bond acceptors (Lipinski definition) is 4. The topological polar surface area (TPSA) is 78.4 Å². The molecule has 100 valence electrons. The van der Waals surface area contributed by atoms with Crippen LogP contribution in [0.25, 0.3) is 0 Å². The number of ether oxygens (including phenoxy) is 1. The van der Waals surface area contributed by atoms with Crippen LogP contribution in [-0.4, -0.2) is 18.1 Å². The number of halogens is 1. The smallest absolute Gasteiger partial charge is 0.274 e. The molecule has 0 radical (unpaired) electrons. The lowest BCUT2D eigenvalue weighted by Crippen LogP contribution is -2.27. The summed E-state index contributed by atoms with van der Waals surface area (Å²) in [5.41, 5.74) is 6.89. The van der Waals surface area contributed by atoms with Crippen molar-refractivity contribution in [3.05, 3.63) is 39.9 Å². The highest BCUT2D eigenvalue weighted by Crippen LogP contribution is 2.32. The van der Waals surface area contributed by atoms with Crippen LogP contribution in [0, 0.1) is 16.0 Å². The van der Waals surface area contributed by atoms with Crippen molar-refractivity contribution in [2.45, 2.75) is 18.9 Å². The zero-order chi connectivity index (χ0) is 12.3. The van der Waals surface area contributed by atoms with Gasteiger partial charge in [0, 0.05) is 30.9 Å². The van der Waals surface area contributed by atoms with E-state index in [1.54, 1.807) is 18.2 Å². The van der Waals surface area contributed by atoms with Crippen LogP contribution in [0.15, 0.2) is 24.3 Å². The molecule has 18 heavy (non-hydrogen) atoms. The molecule has 5 nitrogen and oxygen atoms in total. The molecule has 1 fully saturated rings. The Labute approximate surface area is 112 Å². The van der Waals surface area contributed by atoms with Gasteiger partial charge in [-0.05, 0) is 18.8 Å². The Morgan fingerprint density at radius 3 is 2.56 bits per heavy atom. The normalized spacial score (nSPS) is 17.8. The highest BCUT2D eigenvalue weighted by Gasteiger charge is 2.27. The fourth-order valence-corrected chi connectivity index (χ4v) is 2.26. The van der Waals surface area contributed by atoms with E-state index in [1.165, 1.54) is 6.07 Å². The van der Waals surface area contributed by atoms with Gasteiger partial charge in [0.25, 0.3) is 5.69 Å². The van der Waals surface area contributed by atoms with Crippen molar-refractivity contribution in [3.63, 3.8) is 0 Å². The molecule has 1 aromatic rings. The van der Waals surface area contributed by atoms with Gasteiger partial charge < -0.3 is 10.5 Å². The lowest BCUT2D eigenvalue weighted by atomic mass is 9.87. The van der Waals surface area contributed by atoms with Crippen molar-refractivity contribution in [3.8, 4) is 0 Å².